The number of aromatic nitrogens is 4. The van der Waals surface area contributed by atoms with Crippen LogP contribution in [-0.2, 0) is 7.05 Å². The fourth-order valence-electron chi connectivity index (χ4n) is 3.27. The second-order valence-electron chi connectivity index (χ2n) is 5.34. The Labute approximate surface area is 101 Å². The molecule has 2 aliphatic heterocycles. The van der Waals surface area contributed by atoms with Gasteiger partial charge >= 0.3 is 0 Å². The standard InChI is InChI=1S/C11H20N6/c1-16-9-4-3-5-10(16)7-8(6-9)12-11-13-14-15-17(11)2/h8-10H,3-7H2,1-2H3,(H,12,13,15). The molecule has 2 saturated heterocycles. The molecule has 94 valence electrons. The Balaban J connectivity index is 1.68. The van der Waals surface area contributed by atoms with Crippen LogP contribution in [0.2, 0.25) is 0 Å². The summed E-state index contributed by atoms with van der Waals surface area (Å²) >= 11 is 0. The molecule has 2 aliphatic rings. The van der Waals surface area contributed by atoms with Crippen LogP contribution in [0.3, 0.4) is 0 Å². The maximum Gasteiger partial charge on any atom is 0.242 e. The highest BCUT2D eigenvalue weighted by Crippen LogP contribution is 2.33. The summed E-state index contributed by atoms with van der Waals surface area (Å²) in [4.78, 5) is 2.57. The lowest BCUT2D eigenvalue weighted by molar-refractivity contribution is 0.0606. The number of aryl methyl sites for hydroxylation is 1. The van der Waals surface area contributed by atoms with Crippen molar-refractivity contribution in [2.45, 2.75) is 50.2 Å². The summed E-state index contributed by atoms with van der Waals surface area (Å²) in [5.41, 5.74) is 0. The summed E-state index contributed by atoms with van der Waals surface area (Å²) in [6.45, 7) is 0. The van der Waals surface area contributed by atoms with E-state index in [0.717, 1.165) is 18.0 Å². The van der Waals surface area contributed by atoms with Crippen molar-refractivity contribution in [3.05, 3.63) is 0 Å². The van der Waals surface area contributed by atoms with E-state index >= 15 is 0 Å². The summed E-state index contributed by atoms with van der Waals surface area (Å²) in [7, 11) is 4.15. The van der Waals surface area contributed by atoms with Crippen molar-refractivity contribution < 1.29 is 0 Å². The third-order valence-electron chi connectivity index (χ3n) is 4.29. The normalized spacial score (nSPS) is 33.6. The molecule has 1 N–H and O–H groups in total. The van der Waals surface area contributed by atoms with Crippen LogP contribution in [0.5, 0.6) is 0 Å². The predicted octanol–water partition coefficient (Wildman–Crippen LogP) is 0.637. The molecule has 2 bridgehead atoms. The molecule has 3 rings (SSSR count). The van der Waals surface area contributed by atoms with Crippen molar-refractivity contribution in [3.8, 4) is 0 Å². The van der Waals surface area contributed by atoms with Gasteiger partial charge in [0.2, 0.25) is 5.95 Å². The lowest BCUT2D eigenvalue weighted by Crippen LogP contribution is -2.53. The smallest absolute Gasteiger partial charge is 0.242 e. The van der Waals surface area contributed by atoms with E-state index in [4.69, 9.17) is 0 Å². The Morgan fingerprint density at radius 1 is 1.18 bits per heavy atom. The first-order valence-electron chi connectivity index (χ1n) is 6.45. The van der Waals surface area contributed by atoms with E-state index in [-0.39, 0.29) is 0 Å². The van der Waals surface area contributed by atoms with Crippen LogP contribution in [0, 0.1) is 0 Å². The molecule has 0 radical (unpaired) electrons. The molecule has 6 heteroatoms. The van der Waals surface area contributed by atoms with Gasteiger partial charge < -0.3 is 10.2 Å². The molecule has 0 saturated carbocycles. The Bertz CT molecular complexity index is 375. The molecule has 17 heavy (non-hydrogen) atoms. The second-order valence-corrected chi connectivity index (χ2v) is 5.34. The number of hydrogen-bond donors (Lipinski definition) is 1. The number of rotatable bonds is 2. The zero-order valence-electron chi connectivity index (χ0n) is 10.5. The monoisotopic (exact) mass is 236 g/mol. The van der Waals surface area contributed by atoms with Crippen molar-refractivity contribution in [2.75, 3.05) is 12.4 Å². The Morgan fingerprint density at radius 3 is 2.47 bits per heavy atom. The molecule has 2 unspecified atom stereocenters. The highest BCUT2D eigenvalue weighted by molar-refractivity contribution is 5.24. The molecular weight excluding hydrogens is 216 g/mol. The lowest BCUT2D eigenvalue weighted by atomic mass is 9.82. The van der Waals surface area contributed by atoms with Crippen molar-refractivity contribution in [1.82, 2.24) is 25.1 Å². The molecule has 1 aromatic heterocycles. The SMILES string of the molecule is CN1C2CCCC1CC(Nc1nnnn1C)C2. The Kier molecular flexibility index (Phi) is 2.74. The minimum atomic E-state index is 0.520. The van der Waals surface area contributed by atoms with Gasteiger partial charge in [-0.15, -0.1) is 0 Å². The molecule has 0 spiro atoms. The van der Waals surface area contributed by atoms with E-state index in [1.54, 1.807) is 4.68 Å². The van der Waals surface area contributed by atoms with Crippen molar-refractivity contribution >= 4 is 5.95 Å². The fourth-order valence-corrected chi connectivity index (χ4v) is 3.27. The molecule has 1 aromatic rings. The van der Waals surface area contributed by atoms with Gasteiger partial charge in [0, 0.05) is 25.2 Å². The molecule has 6 nitrogen and oxygen atoms in total. The lowest BCUT2D eigenvalue weighted by Gasteiger charge is -2.47. The second kappa shape index (κ2) is 4.25. The van der Waals surface area contributed by atoms with E-state index in [1.165, 1.54) is 32.1 Å². The molecule has 2 fully saturated rings. The minimum Gasteiger partial charge on any atom is -0.350 e. The van der Waals surface area contributed by atoms with Gasteiger partial charge in [0.15, 0.2) is 0 Å². The summed E-state index contributed by atoms with van der Waals surface area (Å²) < 4.78 is 1.70. The van der Waals surface area contributed by atoms with Crippen LogP contribution in [0.25, 0.3) is 0 Å². The van der Waals surface area contributed by atoms with Crippen LogP contribution >= 0.6 is 0 Å². The van der Waals surface area contributed by atoms with Crippen molar-refractivity contribution in [2.24, 2.45) is 7.05 Å². The summed E-state index contributed by atoms with van der Waals surface area (Å²) in [6, 6.07) is 1.99. The first kappa shape index (κ1) is 11.0. The van der Waals surface area contributed by atoms with E-state index < -0.39 is 0 Å². The fraction of sp³-hybridized carbons (Fsp3) is 0.909. The average molecular weight is 236 g/mol. The van der Waals surface area contributed by atoms with Gasteiger partial charge in [-0.25, -0.2) is 4.68 Å². The molecule has 0 aromatic carbocycles. The number of anilines is 1. The third-order valence-corrected chi connectivity index (χ3v) is 4.29. The molecular formula is C11H20N6. The topological polar surface area (TPSA) is 58.9 Å². The third kappa shape index (κ3) is 2.01. The van der Waals surface area contributed by atoms with Crippen LogP contribution in [0.1, 0.15) is 32.1 Å². The molecule has 2 atom stereocenters. The van der Waals surface area contributed by atoms with Gasteiger partial charge in [-0.3, -0.25) is 0 Å². The predicted molar refractivity (Wildman–Crippen MR) is 64.6 cm³/mol. The largest absolute Gasteiger partial charge is 0.350 e. The van der Waals surface area contributed by atoms with Gasteiger partial charge in [0.05, 0.1) is 0 Å². The summed E-state index contributed by atoms with van der Waals surface area (Å²) in [6.07, 6.45) is 6.47. The maximum atomic E-state index is 4.00. The zero-order valence-corrected chi connectivity index (χ0v) is 10.5. The number of fused-ring (bicyclic) bond motifs is 2. The number of tetrazole rings is 1. The summed E-state index contributed by atoms with van der Waals surface area (Å²) in [5, 5.41) is 15.0. The minimum absolute atomic E-state index is 0.520. The highest BCUT2D eigenvalue weighted by Gasteiger charge is 2.36. The van der Waals surface area contributed by atoms with Gasteiger partial charge in [-0.05, 0) is 43.2 Å². The van der Waals surface area contributed by atoms with Crippen LogP contribution < -0.4 is 5.32 Å². The number of hydrogen-bond acceptors (Lipinski definition) is 5. The molecule has 0 amide bonds. The van der Waals surface area contributed by atoms with Crippen molar-refractivity contribution in [3.63, 3.8) is 0 Å². The van der Waals surface area contributed by atoms with Crippen molar-refractivity contribution in [1.29, 1.82) is 0 Å². The first-order chi connectivity index (χ1) is 8.24. The number of nitrogens with zero attached hydrogens (tertiary/aromatic N) is 5. The quantitative estimate of drug-likeness (QED) is 0.816. The van der Waals surface area contributed by atoms with Gasteiger partial charge in [0.1, 0.15) is 0 Å². The number of piperidine rings is 2. The Hall–Kier alpha value is -1.17. The highest BCUT2D eigenvalue weighted by atomic mass is 15.6. The summed E-state index contributed by atoms with van der Waals surface area (Å²) in [5.74, 6) is 0.789. The molecule has 0 aliphatic carbocycles. The van der Waals surface area contributed by atoms with Crippen LogP contribution in [0.4, 0.5) is 5.95 Å². The number of nitrogens with one attached hydrogen (secondary N) is 1. The first-order valence-corrected chi connectivity index (χ1v) is 6.45. The zero-order chi connectivity index (χ0) is 11.8. The van der Waals surface area contributed by atoms with Gasteiger partial charge in [0.25, 0.3) is 0 Å². The van der Waals surface area contributed by atoms with Gasteiger partial charge in [-0.2, -0.15) is 0 Å². The van der Waals surface area contributed by atoms with E-state index in [1.807, 2.05) is 7.05 Å². The average Bonchev–Trinajstić information content (AvgIpc) is 2.66. The molecule has 3 heterocycles. The van der Waals surface area contributed by atoms with Crippen LogP contribution in [-0.4, -0.2) is 50.3 Å². The van der Waals surface area contributed by atoms with E-state index in [2.05, 4.69) is 32.8 Å². The van der Waals surface area contributed by atoms with E-state index in [9.17, 15) is 0 Å². The van der Waals surface area contributed by atoms with Crippen LogP contribution in [0.15, 0.2) is 0 Å². The van der Waals surface area contributed by atoms with Gasteiger partial charge in [-0.1, -0.05) is 11.5 Å². The maximum absolute atomic E-state index is 4.00. The Morgan fingerprint density at radius 2 is 1.88 bits per heavy atom. The van der Waals surface area contributed by atoms with E-state index in [0.29, 0.717) is 6.04 Å².